The molecule has 2 aromatic carbocycles. The predicted molar refractivity (Wildman–Crippen MR) is 99.5 cm³/mol. The number of hydrogen-bond donors (Lipinski definition) is 1. The number of aryl methyl sites for hydroxylation is 3. The summed E-state index contributed by atoms with van der Waals surface area (Å²) in [7, 11) is 1.75. The van der Waals surface area contributed by atoms with Crippen LogP contribution < -0.4 is 11.0 Å². The van der Waals surface area contributed by atoms with Crippen LogP contribution in [0.15, 0.2) is 53.3 Å². The second kappa shape index (κ2) is 6.97. The number of aromatic nitrogens is 2. The summed E-state index contributed by atoms with van der Waals surface area (Å²) in [6.07, 6.45) is 0.268. The normalized spacial score (nSPS) is 12.3. The molecular formula is C20H23N3O2. The first-order valence-corrected chi connectivity index (χ1v) is 8.48. The second-order valence-electron chi connectivity index (χ2n) is 6.38. The minimum absolute atomic E-state index is 0.0575. The number of amides is 1. The Labute approximate surface area is 146 Å². The molecule has 5 nitrogen and oxygen atoms in total. The molecular weight excluding hydrogens is 314 g/mol. The number of hydrogen-bond acceptors (Lipinski definition) is 2. The van der Waals surface area contributed by atoms with Crippen LogP contribution in [0.4, 0.5) is 0 Å². The van der Waals surface area contributed by atoms with Crippen LogP contribution in [0.1, 0.15) is 30.5 Å². The number of para-hydroxylation sites is 2. The standard InChI is InChI=1S/C20H23N3O2/c1-14-8-4-5-9-16(14)15(2)21-19(24)12-13-23-18-11-7-6-10-17(18)22(3)20(23)25/h4-11,15H,12-13H2,1-3H3,(H,21,24). The third-order valence-corrected chi connectivity index (χ3v) is 4.65. The van der Waals surface area contributed by atoms with E-state index in [1.54, 1.807) is 16.2 Å². The van der Waals surface area contributed by atoms with Crippen LogP contribution in [-0.4, -0.2) is 15.0 Å². The Morgan fingerprint density at radius 3 is 2.44 bits per heavy atom. The van der Waals surface area contributed by atoms with Crippen LogP contribution in [0.2, 0.25) is 0 Å². The summed E-state index contributed by atoms with van der Waals surface area (Å²) in [6, 6.07) is 15.6. The molecule has 1 amide bonds. The zero-order valence-corrected chi connectivity index (χ0v) is 14.8. The largest absolute Gasteiger partial charge is 0.350 e. The molecule has 0 aliphatic carbocycles. The highest BCUT2D eigenvalue weighted by atomic mass is 16.2. The van der Waals surface area contributed by atoms with E-state index in [4.69, 9.17) is 0 Å². The number of nitrogens with one attached hydrogen (secondary N) is 1. The van der Waals surface area contributed by atoms with Crippen molar-refractivity contribution < 1.29 is 4.79 Å². The van der Waals surface area contributed by atoms with E-state index in [0.717, 1.165) is 22.2 Å². The number of nitrogens with zero attached hydrogens (tertiary/aromatic N) is 2. The Hall–Kier alpha value is -2.82. The number of imidazole rings is 1. The maximum absolute atomic E-state index is 12.4. The van der Waals surface area contributed by atoms with E-state index in [1.165, 1.54) is 0 Å². The smallest absolute Gasteiger partial charge is 0.328 e. The van der Waals surface area contributed by atoms with Gasteiger partial charge in [-0.05, 0) is 37.1 Å². The molecule has 1 N–H and O–H groups in total. The summed E-state index contributed by atoms with van der Waals surface area (Å²) in [5.74, 6) is -0.0596. The maximum atomic E-state index is 12.4. The second-order valence-corrected chi connectivity index (χ2v) is 6.38. The molecule has 0 aliphatic rings. The molecule has 3 rings (SSSR count). The first-order valence-electron chi connectivity index (χ1n) is 8.48. The zero-order chi connectivity index (χ0) is 18.0. The zero-order valence-electron chi connectivity index (χ0n) is 14.8. The van der Waals surface area contributed by atoms with Crippen molar-refractivity contribution in [1.82, 2.24) is 14.5 Å². The lowest BCUT2D eigenvalue weighted by Gasteiger charge is -2.16. The monoisotopic (exact) mass is 337 g/mol. The van der Waals surface area contributed by atoms with E-state index < -0.39 is 0 Å². The van der Waals surface area contributed by atoms with Crippen molar-refractivity contribution in [2.24, 2.45) is 7.05 Å². The van der Waals surface area contributed by atoms with E-state index in [1.807, 2.05) is 62.4 Å². The minimum Gasteiger partial charge on any atom is -0.350 e. The fourth-order valence-electron chi connectivity index (χ4n) is 3.26. The lowest BCUT2D eigenvalue weighted by Crippen LogP contribution is -2.30. The average molecular weight is 337 g/mol. The van der Waals surface area contributed by atoms with Crippen LogP contribution in [-0.2, 0) is 18.4 Å². The van der Waals surface area contributed by atoms with Crippen LogP contribution in [0.3, 0.4) is 0 Å². The summed E-state index contributed by atoms with van der Waals surface area (Å²) >= 11 is 0. The van der Waals surface area contributed by atoms with Crippen molar-refractivity contribution in [2.75, 3.05) is 0 Å². The number of carbonyl (C=O) groups excluding carboxylic acids is 1. The van der Waals surface area contributed by atoms with Gasteiger partial charge in [-0.3, -0.25) is 13.9 Å². The highest BCUT2D eigenvalue weighted by Crippen LogP contribution is 2.17. The van der Waals surface area contributed by atoms with Gasteiger partial charge >= 0.3 is 5.69 Å². The van der Waals surface area contributed by atoms with Gasteiger partial charge in [0.2, 0.25) is 5.91 Å². The molecule has 0 saturated carbocycles. The summed E-state index contributed by atoms with van der Waals surface area (Å²) in [4.78, 5) is 24.7. The van der Waals surface area contributed by atoms with Gasteiger partial charge in [0.15, 0.2) is 0 Å². The van der Waals surface area contributed by atoms with Gasteiger partial charge in [0.1, 0.15) is 0 Å². The lowest BCUT2D eigenvalue weighted by molar-refractivity contribution is -0.121. The van der Waals surface area contributed by atoms with Crippen molar-refractivity contribution in [1.29, 1.82) is 0 Å². The van der Waals surface area contributed by atoms with Gasteiger partial charge in [-0.15, -0.1) is 0 Å². The average Bonchev–Trinajstić information content (AvgIpc) is 2.85. The molecule has 130 valence electrons. The Kier molecular flexibility index (Phi) is 4.74. The summed E-state index contributed by atoms with van der Waals surface area (Å²) < 4.78 is 3.27. The first kappa shape index (κ1) is 17.0. The molecule has 1 heterocycles. The van der Waals surface area contributed by atoms with E-state index in [-0.39, 0.29) is 24.1 Å². The molecule has 0 aliphatic heterocycles. The van der Waals surface area contributed by atoms with Gasteiger partial charge in [-0.25, -0.2) is 4.79 Å². The van der Waals surface area contributed by atoms with Crippen LogP contribution >= 0.6 is 0 Å². The molecule has 0 saturated heterocycles. The van der Waals surface area contributed by atoms with Gasteiger partial charge in [0, 0.05) is 20.0 Å². The van der Waals surface area contributed by atoms with Crippen molar-refractivity contribution in [2.45, 2.75) is 32.9 Å². The minimum atomic E-state index is -0.0963. The van der Waals surface area contributed by atoms with Gasteiger partial charge in [0.25, 0.3) is 0 Å². The Bertz CT molecular complexity index is 968. The molecule has 25 heavy (non-hydrogen) atoms. The molecule has 0 bridgehead atoms. The Morgan fingerprint density at radius 1 is 1.08 bits per heavy atom. The fraction of sp³-hybridized carbons (Fsp3) is 0.300. The topological polar surface area (TPSA) is 56.0 Å². The molecule has 0 spiro atoms. The summed E-state index contributed by atoms with van der Waals surface area (Å²) in [5.41, 5.74) is 3.90. The molecule has 1 unspecified atom stereocenters. The van der Waals surface area contributed by atoms with E-state index in [9.17, 15) is 9.59 Å². The Balaban J connectivity index is 1.70. The maximum Gasteiger partial charge on any atom is 0.328 e. The van der Waals surface area contributed by atoms with Gasteiger partial charge < -0.3 is 5.32 Å². The third kappa shape index (κ3) is 3.36. The molecule has 0 fully saturated rings. The number of carbonyl (C=O) groups is 1. The first-order chi connectivity index (χ1) is 12.0. The number of benzene rings is 2. The van der Waals surface area contributed by atoms with Crippen LogP contribution in [0, 0.1) is 6.92 Å². The molecule has 5 heteroatoms. The van der Waals surface area contributed by atoms with Gasteiger partial charge in [-0.2, -0.15) is 0 Å². The number of rotatable bonds is 5. The van der Waals surface area contributed by atoms with Crippen molar-refractivity contribution in [3.63, 3.8) is 0 Å². The highest BCUT2D eigenvalue weighted by molar-refractivity contribution is 5.78. The third-order valence-electron chi connectivity index (χ3n) is 4.65. The Morgan fingerprint density at radius 2 is 1.72 bits per heavy atom. The van der Waals surface area contributed by atoms with Crippen molar-refractivity contribution in [3.8, 4) is 0 Å². The summed E-state index contributed by atoms with van der Waals surface area (Å²) in [6.45, 7) is 4.38. The molecule has 1 aromatic heterocycles. The van der Waals surface area contributed by atoms with E-state index >= 15 is 0 Å². The molecule has 1 atom stereocenters. The lowest BCUT2D eigenvalue weighted by atomic mass is 10.0. The van der Waals surface area contributed by atoms with Gasteiger partial charge in [0.05, 0.1) is 17.1 Å². The van der Waals surface area contributed by atoms with Gasteiger partial charge in [-0.1, -0.05) is 36.4 Å². The van der Waals surface area contributed by atoms with Crippen LogP contribution in [0.25, 0.3) is 11.0 Å². The van der Waals surface area contributed by atoms with E-state index in [2.05, 4.69) is 5.32 Å². The SMILES string of the molecule is Cc1ccccc1C(C)NC(=O)CCn1c(=O)n(C)c2ccccc21. The predicted octanol–water partition coefficient (Wildman–Crippen LogP) is 2.92. The van der Waals surface area contributed by atoms with E-state index in [0.29, 0.717) is 6.54 Å². The molecule has 0 radical (unpaired) electrons. The highest BCUT2D eigenvalue weighted by Gasteiger charge is 2.14. The quantitative estimate of drug-likeness (QED) is 0.778. The number of fused-ring (bicyclic) bond motifs is 1. The van der Waals surface area contributed by atoms with Crippen molar-refractivity contribution >= 4 is 16.9 Å². The fourth-order valence-corrected chi connectivity index (χ4v) is 3.26. The van der Waals surface area contributed by atoms with Crippen molar-refractivity contribution in [3.05, 3.63) is 70.1 Å². The molecule has 3 aromatic rings. The summed E-state index contributed by atoms with van der Waals surface area (Å²) in [5, 5.41) is 3.02. The van der Waals surface area contributed by atoms with Crippen LogP contribution in [0.5, 0.6) is 0 Å².